The second-order valence-electron chi connectivity index (χ2n) is 3.03. The van der Waals surface area contributed by atoms with Crippen molar-refractivity contribution in [3.8, 4) is 0 Å². The van der Waals surface area contributed by atoms with E-state index in [1.165, 1.54) is 0 Å². The number of halogens is 3. The molecule has 11 heavy (non-hydrogen) atoms. The monoisotopic (exact) mass is 166 g/mol. The van der Waals surface area contributed by atoms with Crippen LogP contribution in [0, 0.1) is 5.92 Å². The van der Waals surface area contributed by atoms with Crippen LogP contribution in [0.4, 0.5) is 13.2 Å². The highest BCUT2D eigenvalue weighted by molar-refractivity contribution is 5.14. The van der Waals surface area contributed by atoms with Gasteiger partial charge in [0.1, 0.15) is 0 Å². The number of rotatable bonds is 0. The van der Waals surface area contributed by atoms with E-state index in [0.717, 1.165) is 0 Å². The molecule has 1 unspecified atom stereocenters. The highest BCUT2D eigenvalue weighted by atomic mass is 19.4. The molecule has 1 saturated carbocycles. The van der Waals surface area contributed by atoms with Gasteiger partial charge in [0.2, 0.25) is 0 Å². The Morgan fingerprint density at radius 2 is 1.45 bits per heavy atom. The van der Waals surface area contributed by atoms with Gasteiger partial charge in [0.05, 0.1) is 5.92 Å². The van der Waals surface area contributed by atoms with Gasteiger partial charge in [-0.3, -0.25) is 0 Å². The van der Waals surface area contributed by atoms with Gasteiger partial charge in [0.15, 0.2) is 0 Å². The quantitative estimate of drug-likeness (QED) is 0.533. The molecule has 1 heterocycles. The number of alkyl halides is 3. The average Bonchev–Trinajstić information content (AvgIpc) is 2.58. The molecule has 0 aromatic carbocycles. The van der Waals surface area contributed by atoms with E-state index in [2.05, 4.69) is 10.6 Å². The zero-order valence-corrected chi connectivity index (χ0v) is 5.78. The van der Waals surface area contributed by atoms with Crippen molar-refractivity contribution in [3.63, 3.8) is 0 Å². The molecule has 0 radical (unpaired) electrons. The van der Waals surface area contributed by atoms with Gasteiger partial charge in [-0.05, 0) is 0 Å². The molecule has 0 aromatic heterocycles. The van der Waals surface area contributed by atoms with Crippen molar-refractivity contribution >= 4 is 0 Å². The van der Waals surface area contributed by atoms with Gasteiger partial charge in [-0.25, -0.2) is 0 Å². The Balaban J connectivity index is 2.00. The van der Waals surface area contributed by atoms with Crippen molar-refractivity contribution in [1.82, 2.24) is 10.6 Å². The third-order valence-corrected chi connectivity index (χ3v) is 2.28. The van der Waals surface area contributed by atoms with E-state index in [9.17, 15) is 13.2 Å². The Morgan fingerprint density at radius 3 is 1.82 bits per heavy atom. The molecule has 5 heteroatoms. The van der Waals surface area contributed by atoms with Crippen LogP contribution in [0.2, 0.25) is 0 Å². The predicted octanol–water partition coefficient (Wildman–Crippen LogP) is 0.108. The fraction of sp³-hybridized carbons (Fsp3) is 1.00. The Hall–Kier alpha value is -0.290. The zero-order chi connectivity index (χ0) is 8.06. The van der Waals surface area contributed by atoms with E-state index >= 15 is 0 Å². The maximum atomic E-state index is 12.1. The fourth-order valence-corrected chi connectivity index (χ4v) is 1.70. The third kappa shape index (κ3) is 1.12. The topological polar surface area (TPSA) is 24.1 Å². The van der Waals surface area contributed by atoms with Crippen molar-refractivity contribution in [2.75, 3.05) is 13.1 Å². The lowest BCUT2D eigenvalue weighted by Gasteiger charge is -2.10. The van der Waals surface area contributed by atoms with Gasteiger partial charge in [-0.2, -0.15) is 13.2 Å². The number of fused-ring (bicyclic) bond motifs is 1. The zero-order valence-electron chi connectivity index (χ0n) is 5.78. The van der Waals surface area contributed by atoms with E-state index in [1.54, 1.807) is 0 Å². The number of nitrogens with one attached hydrogen (secondary N) is 2. The van der Waals surface area contributed by atoms with Gasteiger partial charge in [0.25, 0.3) is 0 Å². The van der Waals surface area contributed by atoms with Gasteiger partial charge >= 0.3 is 6.18 Å². The molecule has 0 aromatic rings. The van der Waals surface area contributed by atoms with Crippen LogP contribution in [-0.4, -0.2) is 31.3 Å². The van der Waals surface area contributed by atoms with Crippen LogP contribution in [-0.2, 0) is 0 Å². The van der Waals surface area contributed by atoms with E-state index < -0.39 is 12.1 Å². The van der Waals surface area contributed by atoms with Crippen molar-refractivity contribution < 1.29 is 13.2 Å². The smallest absolute Gasteiger partial charge is 0.310 e. The first-order valence-electron chi connectivity index (χ1n) is 3.64. The first kappa shape index (κ1) is 7.36. The van der Waals surface area contributed by atoms with Crippen LogP contribution in [0.3, 0.4) is 0 Å². The Kier molecular flexibility index (Phi) is 1.41. The highest BCUT2D eigenvalue weighted by Crippen LogP contribution is 2.45. The minimum atomic E-state index is -4.03. The minimum absolute atomic E-state index is 0.358. The minimum Gasteiger partial charge on any atom is -0.310 e. The van der Waals surface area contributed by atoms with Crippen molar-refractivity contribution in [3.05, 3.63) is 0 Å². The number of piperazine rings is 1. The first-order valence-corrected chi connectivity index (χ1v) is 3.64. The maximum absolute atomic E-state index is 12.1. The molecule has 2 nitrogen and oxygen atoms in total. The number of hydrogen-bond donors (Lipinski definition) is 2. The molecule has 2 N–H and O–H groups in total. The first-order chi connectivity index (χ1) is 5.11. The Labute approximate surface area is 62.1 Å². The lowest BCUT2D eigenvalue weighted by molar-refractivity contribution is -0.150. The molecule has 0 amide bonds. The van der Waals surface area contributed by atoms with Gasteiger partial charge in [-0.1, -0.05) is 0 Å². The SMILES string of the molecule is FC(F)(F)C1[C@H]2NCCN[C@@H]12. The summed E-state index contributed by atoms with van der Waals surface area (Å²) in [4.78, 5) is 0. The molecular formula is C6H9F3N2. The van der Waals surface area contributed by atoms with Crippen LogP contribution in [0.15, 0.2) is 0 Å². The van der Waals surface area contributed by atoms with Gasteiger partial charge < -0.3 is 10.6 Å². The molecule has 0 bridgehead atoms. The summed E-state index contributed by atoms with van der Waals surface area (Å²) in [5, 5.41) is 5.66. The molecule has 2 aliphatic rings. The van der Waals surface area contributed by atoms with Crippen LogP contribution in [0.5, 0.6) is 0 Å². The fourth-order valence-electron chi connectivity index (χ4n) is 1.70. The van der Waals surface area contributed by atoms with E-state index in [-0.39, 0.29) is 12.1 Å². The van der Waals surface area contributed by atoms with Crippen molar-refractivity contribution in [1.29, 1.82) is 0 Å². The molecule has 64 valence electrons. The van der Waals surface area contributed by atoms with Crippen molar-refractivity contribution in [2.24, 2.45) is 5.92 Å². The molecule has 1 aliphatic carbocycles. The van der Waals surface area contributed by atoms with Crippen molar-refractivity contribution in [2.45, 2.75) is 18.3 Å². The lowest BCUT2D eigenvalue weighted by atomic mass is 10.4. The normalized spacial score (nSPS) is 43.4. The molecule has 1 aliphatic heterocycles. The summed E-state index contributed by atoms with van der Waals surface area (Å²) in [5.74, 6) is -1.15. The second-order valence-corrected chi connectivity index (χ2v) is 3.03. The maximum Gasteiger partial charge on any atom is 0.394 e. The molecule has 3 atom stereocenters. The second kappa shape index (κ2) is 2.10. The third-order valence-electron chi connectivity index (χ3n) is 2.28. The summed E-state index contributed by atoms with van der Waals surface area (Å²) < 4.78 is 36.2. The average molecular weight is 166 g/mol. The standard InChI is InChI=1S/C6H9F3N2/c7-6(8,9)3-4-5(3)11-2-1-10-4/h3-5,10-11H,1-2H2/t3?,4-,5+. The number of hydrogen-bond acceptors (Lipinski definition) is 2. The van der Waals surface area contributed by atoms with Crippen LogP contribution in [0.25, 0.3) is 0 Å². The summed E-state index contributed by atoms with van der Waals surface area (Å²) in [5.41, 5.74) is 0. The summed E-state index contributed by atoms with van der Waals surface area (Å²) >= 11 is 0. The molecule has 1 saturated heterocycles. The van der Waals surface area contributed by atoms with Gasteiger partial charge in [0, 0.05) is 25.2 Å². The van der Waals surface area contributed by atoms with E-state index in [1.807, 2.05) is 0 Å². The lowest BCUT2D eigenvalue weighted by Crippen LogP contribution is -2.39. The molecule has 2 rings (SSSR count). The van der Waals surface area contributed by atoms with Gasteiger partial charge in [-0.15, -0.1) is 0 Å². The molecule has 2 fully saturated rings. The van der Waals surface area contributed by atoms with Crippen LogP contribution < -0.4 is 10.6 Å². The Morgan fingerprint density at radius 1 is 1.00 bits per heavy atom. The molecular weight excluding hydrogens is 157 g/mol. The van der Waals surface area contributed by atoms with Crippen LogP contribution in [0.1, 0.15) is 0 Å². The highest BCUT2D eigenvalue weighted by Gasteiger charge is 2.64. The molecule has 0 spiro atoms. The summed E-state index contributed by atoms with van der Waals surface area (Å²) in [6.07, 6.45) is -4.03. The predicted molar refractivity (Wildman–Crippen MR) is 33.1 cm³/mol. The van der Waals surface area contributed by atoms with Crippen LogP contribution >= 0.6 is 0 Å². The largest absolute Gasteiger partial charge is 0.394 e. The Bertz CT molecular complexity index is 156. The summed E-state index contributed by atoms with van der Waals surface area (Å²) in [7, 11) is 0. The summed E-state index contributed by atoms with van der Waals surface area (Å²) in [6.45, 7) is 1.29. The van der Waals surface area contributed by atoms with E-state index in [0.29, 0.717) is 13.1 Å². The van der Waals surface area contributed by atoms with E-state index in [4.69, 9.17) is 0 Å². The summed E-state index contributed by atoms with van der Waals surface area (Å²) in [6, 6.07) is -0.715.